The van der Waals surface area contributed by atoms with E-state index in [9.17, 15) is 4.79 Å². The molecule has 0 aliphatic rings. The van der Waals surface area contributed by atoms with Crippen molar-refractivity contribution in [1.29, 1.82) is 0 Å². The summed E-state index contributed by atoms with van der Waals surface area (Å²) in [7, 11) is 0. The smallest absolute Gasteiger partial charge is 0.277 e. The lowest BCUT2D eigenvalue weighted by atomic mass is 10.1. The largest absolute Gasteiger partial charge is 0.484 e. The summed E-state index contributed by atoms with van der Waals surface area (Å²) < 4.78 is 5.45. The zero-order valence-electron chi connectivity index (χ0n) is 11.5. The number of ether oxygens (including phenoxy) is 1. The number of fused-ring (bicyclic) bond motifs is 1. The maximum absolute atomic E-state index is 11.5. The van der Waals surface area contributed by atoms with Crippen LogP contribution in [0.15, 0.2) is 47.6 Å². The van der Waals surface area contributed by atoms with Gasteiger partial charge in [0.2, 0.25) is 0 Å². The minimum absolute atomic E-state index is 0.0399. The van der Waals surface area contributed by atoms with Crippen molar-refractivity contribution in [2.24, 2.45) is 5.10 Å². The first-order chi connectivity index (χ1) is 9.79. The van der Waals surface area contributed by atoms with Crippen LogP contribution in [0.25, 0.3) is 10.8 Å². The molecule has 0 atom stereocenters. The molecular formula is C16H18N2O2. The Bertz CT molecular complexity index is 608. The van der Waals surface area contributed by atoms with E-state index in [1.165, 1.54) is 0 Å². The molecule has 2 aromatic rings. The number of rotatable bonds is 6. The zero-order valence-corrected chi connectivity index (χ0v) is 11.5. The molecule has 0 aliphatic heterocycles. The fourth-order valence-electron chi connectivity index (χ4n) is 1.75. The summed E-state index contributed by atoms with van der Waals surface area (Å²) in [4.78, 5) is 11.5. The molecule has 0 radical (unpaired) electrons. The van der Waals surface area contributed by atoms with Gasteiger partial charge in [0.15, 0.2) is 6.61 Å². The van der Waals surface area contributed by atoms with Crippen molar-refractivity contribution in [3.63, 3.8) is 0 Å². The maximum Gasteiger partial charge on any atom is 0.277 e. The van der Waals surface area contributed by atoms with Gasteiger partial charge >= 0.3 is 0 Å². The van der Waals surface area contributed by atoms with Crippen LogP contribution in [0.1, 0.15) is 19.8 Å². The van der Waals surface area contributed by atoms with Gasteiger partial charge in [0.05, 0.1) is 0 Å². The van der Waals surface area contributed by atoms with E-state index in [1.807, 2.05) is 42.5 Å². The van der Waals surface area contributed by atoms with Crippen molar-refractivity contribution < 1.29 is 9.53 Å². The van der Waals surface area contributed by atoms with Gasteiger partial charge in [-0.3, -0.25) is 4.79 Å². The number of hydrogen-bond acceptors (Lipinski definition) is 3. The molecule has 0 spiro atoms. The third-order valence-electron chi connectivity index (χ3n) is 2.79. The standard InChI is InChI=1S/C16H18N2O2/c1-2-3-10-17-18-16(19)12-20-15-9-8-13-6-4-5-7-14(13)11-15/h4-11H,2-3,12H2,1H3,(H,18,19)/b17-10+. The molecule has 104 valence electrons. The predicted molar refractivity (Wildman–Crippen MR) is 81.0 cm³/mol. The Morgan fingerprint density at radius 2 is 2.05 bits per heavy atom. The van der Waals surface area contributed by atoms with E-state index in [2.05, 4.69) is 17.5 Å². The fraction of sp³-hybridized carbons (Fsp3) is 0.250. The predicted octanol–water partition coefficient (Wildman–Crippen LogP) is 3.12. The first-order valence-electron chi connectivity index (χ1n) is 6.71. The number of nitrogens with one attached hydrogen (secondary N) is 1. The number of nitrogens with zero attached hydrogens (tertiary/aromatic N) is 1. The van der Waals surface area contributed by atoms with Gasteiger partial charge in [-0.05, 0) is 29.3 Å². The Hall–Kier alpha value is -2.36. The summed E-state index contributed by atoms with van der Waals surface area (Å²) in [6.07, 6.45) is 3.55. The molecule has 1 N–H and O–H groups in total. The van der Waals surface area contributed by atoms with Crippen LogP contribution in [0.2, 0.25) is 0 Å². The summed E-state index contributed by atoms with van der Waals surface area (Å²) in [5.41, 5.74) is 2.43. The highest BCUT2D eigenvalue weighted by molar-refractivity contribution is 5.84. The minimum Gasteiger partial charge on any atom is -0.484 e. The van der Waals surface area contributed by atoms with E-state index < -0.39 is 0 Å². The number of benzene rings is 2. The molecule has 0 aromatic heterocycles. The third-order valence-corrected chi connectivity index (χ3v) is 2.79. The Morgan fingerprint density at radius 1 is 1.25 bits per heavy atom. The first-order valence-corrected chi connectivity index (χ1v) is 6.71. The van der Waals surface area contributed by atoms with Crippen LogP contribution >= 0.6 is 0 Å². The molecule has 4 nitrogen and oxygen atoms in total. The number of amides is 1. The van der Waals surface area contributed by atoms with E-state index in [4.69, 9.17) is 4.74 Å². The van der Waals surface area contributed by atoms with E-state index in [1.54, 1.807) is 6.21 Å². The molecule has 0 bridgehead atoms. The van der Waals surface area contributed by atoms with Crippen LogP contribution in [0.5, 0.6) is 5.75 Å². The Morgan fingerprint density at radius 3 is 2.85 bits per heavy atom. The van der Waals surface area contributed by atoms with E-state index in [0.29, 0.717) is 5.75 Å². The van der Waals surface area contributed by atoms with Gasteiger partial charge in [-0.2, -0.15) is 5.10 Å². The minimum atomic E-state index is -0.259. The lowest BCUT2D eigenvalue weighted by Gasteiger charge is -2.06. The molecule has 1 amide bonds. The molecular weight excluding hydrogens is 252 g/mol. The number of carbonyl (C=O) groups is 1. The number of hydrazone groups is 1. The van der Waals surface area contributed by atoms with Crippen LogP contribution in [0, 0.1) is 0 Å². The second-order valence-electron chi connectivity index (χ2n) is 4.43. The van der Waals surface area contributed by atoms with Gasteiger partial charge < -0.3 is 4.74 Å². The summed E-state index contributed by atoms with van der Waals surface area (Å²) >= 11 is 0. The van der Waals surface area contributed by atoms with E-state index in [0.717, 1.165) is 23.6 Å². The van der Waals surface area contributed by atoms with Crippen LogP contribution < -0.4 is 10.2 Å². The normalized spacial score (nSPS) is 10.8. The maximum atomic E-state index is 11.5. The average Bonchev–Trinajstić information content (AvgIpc) is 2.49. The van der Waals surface area contributed by atoms with Gasteiger partial charge in [0.25, 0.3) is 5.91 Å². The molecule has 2 aromatic carbocycles. The Kier molecular flexibility index (Phi) is 5.12. The molecule has 0 fully saturated rings. The highest BCUT2D eigenvalue weighted by Crippen LogP contribution is 2.20. The van der Waals surface area contributed by atoms with Crippen molar-refractivity contribution in [2.75, 3.05) is 6.61 Å². The molecule has 4 heteroatoms. The lowest BCUT2D eigenvalue weighted by Crippen LogP contribution is -2.24. The van der Waals surface area contributed by atoms with Crippen molar-refractivity contribution in [2.45, 2.75) is 19.8 Å². The van der Waals surface area contributed by atoms with Gasteiger partial charge in [-0.15, -0.1) is 0 Å². The van der Waals surface area contributed by atoms with Gasteiger partial charge in [-0.25, -0.2) is 5.43 Å². The third kappa shape index (κ3) is 4.09. The first kappa shape index (κ1) is 14.1. The zero-order chi connectivity index (χ0) is 14.2. The van der Waals surface area contributed by atoms with Crippen molar-refractivity contribution in [3.05, 3.63) is 42.5 Å². The van der Waals surface area contributed by atoms with Gasteiger partial charge in [-0.1, -0.05) is 43.7 Å². The summed E-state index contributed by atoms with van der Waals surface area (Å²) in [5.74, 6) is 0.418. The van der Waals surface area contributed by atoms with Crippen LogP contribution in [-0.2, 0) is 4.79 Å². The summed E-state index contributed by atoms with van der Waals surface area (Å²) in [6.45, 7) is 2.01. The highest BCUT2D eigenvalue weighted by atomic mass is 16.5. The number of hydrogen-bond donors (Lipinski definition) is 1. The van der Waals surface area contributed by atoms with Crippen molar-refractivity contribution >= 4 is 22.9 Å². The SMILES string of the molecule is CCC/C=N/NC(=O)COc1ccc2ccccc2c1. The van der Waals surface area contributed by atoms with Crippen molar-refractivity contribution in [1.82, 2.24) is 5.43 Å². The topological polar surface area (TPSA) is 50.7 Å². The average molecular weight is 270 g/mol. The quantitative estimate of drug-likeness (QED) is 0.647. The Balaban J connectivity index is 1.87. The lowest BCUT2D eigenvalue weighted by molar-refractivity contribution is -0.123. The van der Waals surface area contributed by atoms with Crippen LogP contribution in [0.3, 0.4) is 0 Å². The molecule has 0 aliphatic carbocycles. The molecule has 20 heavy (non-hydrogen) atoms. The Labute approximate surface area is 118 Å². The van der Waals surface area contributed by atoms with Gasteiger partial charge in [0, 0.05) is 6.21 Å². The molecule has 0 unspecified atom stereocenters. The second kappa shape index (κ2) is 7.28. The number of carbonyl (C=O) groups excluding carboxylic acids is 1. The molecule has 0 heterocycles. The van der Waals surface area contributed by atoms with E-state index >= 15 is 0 Å². The monoisotopic (exact) mass is 270 g/mol. The van der Waals surface area contributed by atoms with Crippen LogP contribution in [0.4, 0.5) is 0 Å². The highest BCUT2D eigenvalue weighted by Gasteiger charge is 2.02. The van der Waals surface area contributed by atoms with Crippen LogP contribution in [-0.4, -0.2) is 18.7 Å². The molecule has 0 saturated carbocycles. The number of unbranched alkanes of at least 4 members (excludes halogenated alkanes) is 1. The summed E-state index contributed by atoms with van der Waals surface area (Å²) in [6, 6.07) is 13.8. The van der Waals surface area contributed by atoms with Crippen molar-refractivity contribution in [3.8, 4) is 5.75 Å². The molecule has 2 rings (SSSR count). The van der Waals surface area contributed by atoms with Gasteiger partial charge in [0.1, 0.15) is 5.75 Å². The molecule has 0 saturated heterocycles. The summed E-state index contributed by atoms with van der Waals surface area (Å²) in [5, 5.41) is 6.05. The second-order valence-corrected chi connectivity index (χ2v) is 4.43. The fourth-order valence-corrected chi connectivity index (χ4v) is 1.75. The van der Waals surface area contributed by atoms with E-state index in [-0.39, 0.29) is 12.5 Å².